The van der Waals surface area contributed by atoms with Gasteiger partial charge in [0.2, 0.25) is 17.6 Å². The number of hydrogen-bond acceptors (Lipinski definition) is 7. The molecule has 0 spiro atoms. The number of nitrogens with zero attached hydrogens (tertiary/aromatic N) is 5. The third kappa shape index (κ3) is 3.63. The van der Waals surface area contributed by atoms with Gasteiger partial charge in [0, 0.05) is 19.4 Å². The predicted molar refractivity (Wildman–Crippen MR) is 93.2 cm³/mol. The zero-order valence-corrected chi connectivity index (χ0v) is 15.0. The molecular weight excluding hydrogens is 350 g/mol. The van der Waals surface area contributed by atoms with Crippen LogP contribution in [-0.2, 0) is 24.3 Å². The highest BCUT2D eigenvalue weighted by Gasteiger charge is 2.24. The van der Waals surface area contributed by atoms with Crippen molar-refractivity contribution < 1.29 is 18.8 Å². The second-order valence-corrected chi connectivity index (χ2v) is 6.51. The maximum atomic E-state index is 12.6. The third-order valence-electron chi connectivity index (χ3n) is 4.66. The van der Waals surface area contributed by atoms with Crippen LogP contribution in [0.5, 0.6) is 0 Å². The highest BCUT2D eigenvalue weighted by atomic mass is 16.5. The van der Waals surface area contributed by atoms with Crippen molar-refractivity contribution in [2.75, 3.05) is 6.54 Å². The quantitative estimate of drug-likeness (QED) is 0.705. The fourth-order valence-corrected chi connectivity index (χ4v) is 3.11. The van der Waals surface area contributed by atoms with Crippen molar-refractivity contribution in [3.8, 4) is 11.6 Å². The average molecular weight is 371 g/mol. The molecule has 0 bridgehead atoms. The van der Waals surface area contributed by atoms with Gasteiger partial charge in [0.15, 0.2) is 5.76 Å². The lowest BCUT2D eigenvalue weighted by Gasteiger charge is -2.27. The van der Waals surface area contributed by atoms with Crippen LogP contribution in [0, 0.1) is 0 Å². The topological polar surface area (TPSA) is 110 Å². The molecule has 1 amide bonds. The van der Waals surface area contributed by atoms with Crippen LogP contribution < -0.4 is 0 Å². The first-order valence-corrected chi connectivity index (χ1v) is 9.03. The van der Waals surface area contributed by atoms with Crippen molar-refractivity contribution >= 4 is 5.91 Å². The Bertz CT molecular complexity index is 914. The molecule has 3 aromatic heterocycles. The Labute approximate surface area is 155 Å². The first-order chi connectivity index (χ1) is 13.1. The fraction of sp³-hybridized carbons (Fsp3) is 0.444. The van der Waals surface area contributed by atoms with Gasteiger partial charge in [-0.25, -0.2) is 0 Å². The minimum Gasteiger partial charge on any atom is -0.461 e. The zero-order chi connectivity index (χ0) is 18.8. The summed E-state index contributed by atoms with van der Waals surface area (Å²) in [6.07, 6.45) is 2.26. The molecule has 1 aliphatic heterocycles. The number of carbonyl (C=O) groups is 1. The Hall–Kier alpha value is -2.94. The van der Waals surface area contributed by atoms with Gasteiger partial charge in [0.05, 0.1) is 36.8 Å². The Morgan fingerprint density at radius 3 is 3.07 bits per heavy atom. The molecular formula is C18H21N5O4. The minimum absolute atomic E-state index is 0.0257. The summed E-state index contributed by atoms with van der Waals surface area (Å²) in [6, 6.07) is 5.38. The number of aliphatic hydroxyl groups is 1. The molecule has 0 aliphatic carbocycles. The van der Waals surface area contributed by atoms with E-state index in [4.69, 9.17) is 8.94 Å². The van der Waals surface area contributed by atoms with Crippen LogP contribution >= 0.6 is 0 Å². The molecule has 0 fully saturated rings. The lowest BCUT2D eigenvalue weighted by molar-refractivity contribution is -0.132. The van der Waals surface area contributed by atoms with E-state index in [1.54, 1.807) is 23.3 Å². The predicted octanol–water partition coefficient (Wildman–Crippen LogP) is 1.94. The molecule has 0 radical (unpaired) electrons. The van der Waals surface area contributed by atoms with Crippen LogP contribution in [0.1, 0.15) is 43.1 Å². The van der Waals surface area contributed by atoms with Gasteiger partial charge in [-0.15, -0.1) is 0 Å². The minimum atomic E-state index is -0.562. The lowest BCUT2D eigenvalue weighted by Crippen LogP contribution is -2.38. The second-order valence-electron chi connectivity index (χ2n) is 6.51. The van der Waals surface area contributed by atoms with Gasteiger partial charge in [-0.1, -0.05) is 12.1 Å². The van der Waals surface area contributed by atoms with Gasteiger partial charge >= 0.3 is 0 Å². The van der Waals surface area contributed by atoms with Crippen LogP contribution in [-0.4, -0.2) is 42.4 Å². The number of carbonyl (C=O) groups excluding carboxylic acids is 1. The molecule has 27 heavy (non-hydrogen) atoms. The number of amides is 1. The van der Waals surface area contributed by atoms with E-state index in [1.165, 1.54) is 0 Å². The number of rotatable bonds is 6. The number of aromatic nitrogens is 4. The standard InChI is InChI=1S/C18H21N5O4/c1-2-14(24)13-10-12-11-22(7-8-23(12)20-13)17(25)6-5-16-19-18(21-27-16)15-4-3-9-26-15/h3-4,9-10,14,24H,2,5-8,11H2,1H3. The van der Waals surface area contributed by atoms with Crippen LogP contribution in [0.25, 0.3) is 11.6 Å². The molecule has 3 aromatic rings. The highest BCUT2D eigenvalue weighted by molar-refractivity contribution is 5.76. The second kappa shape index (κ2) is 7.36. The fourth-order valence-electron chi connectivity index (χ4n) is 3.11. The zero-order valence-electron chi connectivity index (χ0n) is 15.0. The molecule has 1 atom stereocenters. The Kier molecular flexibility index (Phi) is 4.76. The van der Waals surface area contributed by atoms with Crippen LogP contribution in [0.4, 0.5) is 0 Å². The van der Waals surface area contributed by atoms with Gasteiger partial charge in [0.25, 0.3) is 0 Å². The maximum absolute atomic E-state index is 12.6. The van der Waals surface area contributed by atoms with Gasteiger partial charge < -0.3 is 18.9 Å². The van der Waals surface area contributed by atoms with E-state index in [0.717, 1.165) is 5.69 Å². The van der Waals surface area contributed by atoms with Crippen molar-refractivity contribution in [3.05, 3.63) is 41.7 Å². The maximum Gasteiger partial charge on any atom is 0.238 e. The van der Waals surface area contributed by atoms with E-state index in [1.807, 2.05) is 17.7 Å². The van der Waals surface area contributed by atoms with Crippen LogP contribution in [0.15, 0.2) is 33.4 Å². The normalized spacial score (nSPS) is 15.0. The molecule has 4 rings (SSSR count). The summed E-state index contributed by atoms with van der Waals surface area (Å²) in [4.78, 5) is 18.6. The Morgan fingerprint density at radius 1 is 1.41 bits per heavy atom. The summed E-state index contributed by atoms with van der Waals surface area (Å²) in [5.41, 5.74) is 1.60. The van der Waals surface area contributed by atoms with Gasteiger partial charge in [-0.3, -0.25) is 9.48 Å². The molecule has 0 saturated heterocycles. The number of fused-ring (bicyclic) bond motifs is 1. The molecule has 0 saturated carbocycles. The SMILES string of the molecule is CCC(O)c1cc2n(n1)CCN(C(=O)CCc1nc(-c3ccco3)no1)C2. The Morgan fingerprint density at radius 2 is 2.30 bits per heavy atom. The lowest BCUT2D eigenvalue weighted by atomic mass is 10.2. The molecule has 1 N–H and O–H groups in total. The number of furan rings is 1. The molecule has 9 heteroatoms. The average Bonchev–Trinajstić information content (AvgIpc) is 3.44. The van der Waals surface area contributed by atoms with E-state index in [2.05, 4.69) is 15.2 Å². The van der Waals surface area contributed by atoms with E-state index in [-0.39, 0.29) is 5.91 Å². The first-order valence-electron chi connectivity index (χ1n) is 9.03. The number of hydrogen-bond donors (Lipinski definition) is 1. The van der Waals surface area contributed by atoms with E-state index >= 15 is 0 Å². The van der Waals surface area contributed by atoms with Gasteiger partial charge in [-0.05, 0) is 24.6 Å². The monoisotopic (exact) mass is 371 g/mol. The largest absolute Gasteiger partial charge is 0.461 e. The first kappa shape index (κ1) is 17.5. The van der Waals surface area contributed by atoms with Crippen LogP contribution in [0.2, 0.25) is 0 Å². The van der Waals surface area contributed by atoms with Crippen molar-refractivity contribution in [1.29, 1.82) is 0 Å². The molecule has 1 unspecified atom stereocenters. The molecule has 9 nitrogen and oxygen atoms in total. The van der Waals surface area contributed by atoms with Crippen molar-refractivity contribution in [1.82, 2.24) is 24.8 Å². The van der Waals surface area contributed by atoms with Crippen molar-refractivity contribution in [2.45, 2.75) is 45.4 Å². The van der Waals surface area contributed by atoms with Crippen molar-refractivity contribution in [2.24, 2.45) is 0 Å². The summed E-state index contributed by atoms with van der Waals surface area (Å²) < 4.78 is 12.3. The van der Waals surface area contributed by atoms with Gasteiger partial charge in [0.1, 0.15) is 0 Å². The van der Waals surface area contributed by atoms with Crippen molar-refractivity contribution in [3.63, 3.8) is 0 Å². The van der Waals surface area contributed by atoms with E-state index < -0.39 is 6.10 Å². The molecule has 0 aromatic carbocycles. The highest BCUT2D eigenvalue weighted by Crippen LogP contribution is 2.21. The number of aryl methyl sites for hydroxylation is 1. The Balaban J connectivity index is 1.35. The summed E-state index contributed by atoms with van der Waals surface area (Å²) in [7, 11) is 0. The van der Waals surface area contributed by atoms with Crippen LogP contribution in [0.3, 0.4) is 0 Å². The smallest absolute Gasteiger partial charge is 0.238 e. The molecule has 1 aliphatic rings. The van der Waals surface area contributed by atoms with E-state index in [0.29, 0.717) is 62.1 Å². The third-order valence-corrected chi connectivity index (χ3v) is 4.66. The molecule has 142 valence electrons. The summed E-state index contributed by atoms with van der Waals surface area (Å²) in [5.74, 6) is 1.35. The summed E-state index contributed by atoms with van der Waals surface area (Å²) in [5, 5.41) is 18.2. The number of aliphatic hydroxyl groups excluding tert-OH is 1. The summed E-state index contributed by atoms with van der Waals surface area (Å²) in [6.45, 7) is 3.62. The molecule has 4 heterocycles. The van der Waals surface area contributed by atoms with Gasteiger partial charge in [-0.2, -0.15) is 10.1 Å². The van der Waals surface area contributed by atoms with E-state index in [9.17, 15) is 9.90 Å². The summed E-state index contributed by atoms with van der Waals surface area (Å²) >= 11 is 0.